The minimum Gasteiger partial charge on any atom is -0.497 e. The number of hydrogen-bond donors (Lipinski definition) is 1. The van der Waals surface area contributed by atoms with Crippen molar-refractivity contribution in [2.75, 3.05) is 7.11 Å². The van der Waals surface area contributed by atoms with E-state index in [0.717, 1.165) is 41.1 Å². The molecule has 1 aliphatic carbocycles. The Morgan fingerprint density at radius 2 is 1.93 bits per heavy atom. The van der Waals surface area contributed by atoms with Crippen LogP contribution in [0.5, 0.6) is 5.75 Å². The molecule has 136 valence electrons. The van der Waals surface area contributed by atoms with E-state index in [0.29, 0.717) is 0 Å². The van der Waals surface area contributed by atoms with E-state index in [-0.39, 0.29) is 11.8 Å². The number of hydrogen-bond acceptors (Lipinski definition) is 4. The van der Waals surface area contributed by atoms with E-state index in [2.05, 4.69) is 10.5 Å². The predicted molar refractivity (Wildman–Crippen MR) is 104 cm³/mol. The maximum atomic E-state index is 11.8. The molecule has 1 aliphatic rings. The van der Waals surface area contributed by atoms with Gasteiger partial charge in [-0.3, -0.25) is 4.79 Å². The third-order valence-electron chi connectivity index (χ3n) is 4.45. The van der Waals surface area contributed by atoms with Gasteiger partial charge < -0.3 is 4.74 Å². The van der Waals surface area contributed by atoms with Crippen LogP contribution >= 0.6 is 0 Å². The molecule has 0 atom stereocenters. The molecule has 0 spiro atoms. The molecule has 0 saturated heterocycles. The SMILES string of the molecule is COc1ccc(-c2nn(-c3ccccc3)cc2/C=N\NC(=O)C2CC2)cc1. The Morgan fingerprint density at radius 3 is 2.59 bits per heavy atom. The fourth-order valence-corrected chi connectivity index (χ4v) is 2.77. The van der Waals surface area contributed by atoms with Gasteiger partial charge in [0.2, 0.25) is 5.91 Å². The van der Waals surface area contributed by atoms with Crippen molar-refractivity contribution in [1.29, 1.82) is 0 Å². The lowest BCUT2D eigenvalue weighted by Gasteiger charge is -2.02. The van der Waals surface area contributed by atoms with E-state index >= 15 is 0 Å². The molecule has 4 rings (SSSR count). The van der Waals surface area contributed by atoms with E-state index in [1.54, 1.807) is 13.3 Å². The van der Waals surface area contributed by atoms with E-state index in [9.17, 15) is 4.79 Å². The van der Waals surface area contributed by atoms with Gasteiger partial charge in [-0.15, -0.1) is 0 Å². The molecule has 3 aromatic rings. The van der Waals surface area contributed by atoms with Crippen LogP contribution in [0.4, 0.5) is 0 Å². The molecule has 6 nitrogen and oxygen atoms in total. The summed E-state index contributed by atoms with van der Waals surface area (Å²) in [5, 5.41) is 8.85. The van der Waals surface area contributed by atoms with Crippen molar-refractivity contribution in [3.8, 4) is 22.7 Å². The van der Waals surface area contributed by atoms with Gasteiger partial charge in [-0.25, -0.2) is 10.1 Å². The van der Waals surface area contributed by atoms with Crippen LogP contribution < -0.4 is 10.2 Å². The molecule has 2 aromatic carbocycles. The fourth-order valence-electron chi connectivity index (χ4n) is 2.77. The van der Waals surface area contributed by atoms with Crippen molar-refractivity contribution >= 4 is 12.1 Å². The zero-order valence-electron chi connectivity index (χ0n) is 15.0. The van der Waals surface area contributed by atoms with Crippen LogP contribution in [0.25, 0.3) is 16.9 Å². The van der Waals surface area contributed by atoms with Crippen molar-refractivity contribution in [2.45, 2.75) is 12.8 Å². The zero-order chi connectivity index (χ0) is 18.6. The molecule has 1 amide bonds. The second kappa shape index (κ2) is 7.45. The van der Waals surface area contributed by atoms with E-state index in [1.807, 2.05) is 65.5 Å². The highest BCUT2D eigenvalue weighted by Gasteiger charge is 2.29. The Morgan fingerprint density at radius 1 is 1.19 bits per heavy atom. The average Bonchev–Trinajstić information content (AvgIpc) is 3.49. The Balaban J connectivity index is 1.66. The van der Waals surface area contributed by atoms with Gasteiger partial charge in [0, 0.05) is 23.2 Å². The number of ether oxygens (including phenoxy) is 1. The summed E-state index contributed by atoms with van der Waals surface area (Å²) in [6.07, 6.45) is 5.45. The normalized spacial score (nSPS) is 13.7. The van der Waals surface area contributed by atoms with Crippen LogP contribution in [0.15, 0.2) is 65.9 Å². The predicted octanol–water partition coefficient (Wildman–Crippen LogP) is 3.41. The van der Waals surface area contributed by atoms with Crippen LogP contribution in [0.2, 0.25) is 0 Å². The largest absolute Gasteiger partial charge is 0.497 e. The lowest BCUT2D eigenvalue weighted by atomic mass is 10.1. The topological polar surface area (TPSA) is 68.5 Å². The van der Waals surface area contributed by atoms with Crippen molar-refractivity contribution < 1.29 is 9.53 Å². The summed E-state index contributed by atoms with van der Waals surface area (Å²) in [6.45, 7) is 0. The number of aromatic nitrogens is 2. The molecule has 0 radical (unpaired) electrons. The average molecular weight is 360 g/mol. The molecule has 27 heavy (non-hydrogen) atoms. The van der Waals surface area contributed by atoms with Gasteiger partial charge in [-0.2, -0.15) is 10.2 Å². The van der Waals surface area contributed by atoms with Crippen LogP contribution in [0.1, 0.15) is 18.4 Å². The maximum Gasteiger partial charge on any atom is 0.243 e. The molecule has 1 N–H and O–H groups in total. The molecule has 1 saturated carbocycles. The molecular weight excluding hydrogens is 340 g/mol. The molecule has 6 heteroatoms. The van der Waals surface area contributed by atoms with Gasteiger partial charge in [0.05, 0.1) is 19.0 Å². The summed E-state index contributed by atoms with van der Waals surface area (Å²) in [5.41, 5.74) is 6.11. The zero-order valence-corrected chi connectivity index (χ0v) is 15.0. The Hall–Kier alpha value is -3.41. The number of para-hydroxylation sites is 1. The first kappa shape index (κ1) is 17.0. The second-order valence-corrected chi connectivity index (χ2v) is 6.45. The van der Waals surface area contributed by atoms with Gasteiger partial charge in [0.25, 0.3) is 0 Å². The summed E-state index contributed by atoms with van der Waals surface area (Å²) >= 11 is 0. The lowest BCUT2D eigenvalue weighted by molar-refractivity contribution is -0.122. The molecule has 0 aliphatic heterocycles. The molecule has 0 bridgehead atoms. The summed E-state index contributed by atoms with van der Waals surface area (Å²) in [5.74, 6) is 0.885. The Kier molecular flexibility index (Phi) is 4.70. The summed E-state index contributed by atoms with van der Waals surface area (Å²) < 4.78 is 7.04. The van der Waals surface area contributed by atoms with Crippen molar-refractivity contribution in [3.63, 3.8) is 0 Å². The van der Waals surface area contributed by atoms with Crippen molar-refractivity contribution in [3.05, 3.63) is 66.4 Å². The van der Waals surface area contributed by atoms with Crippen molar-refractivity contribution in [1.82, 2.24) is 15.2 Å². The van der Waals surface area contributed by atoms with Crippen LogP contribution in [0.3, 0.4) is 0 Å². The first-order chi connectivity index (χ1) is 13.2. The molecule has 1 heterocycles. The number of carbonyl (C=O) groups is 1. The number of nitrogens with zero attached hydrogens (tertiary/aromatic N) is 3. The molecule has 0 unspecified atom stereocenters. The van der Waals surface area contributed by atoms with Crippen molar-refractivity contribution in [2.24, 2.45) is 11.0 Å². The highest BCUT2D eigenvalue weighted by atomic mass is 16.5. The quantitative estimate of drug-likeness (QED) is 0.541. The molecular formula is C21H20N4O2. The van der Waals surface area contributed by atoms with Gasteiger partial charge in [-0.1, -0.05) is 18.2 Å². The minimum atomic E-state index is -0.0206. The number of benzene rings is 2. The van der Waals surface area contributed by atoms with Gasteiger partial charge in [0.15, 0.2) is 0 Å². The van der Waals surface area contributed by atoms with Gasteiger partial charge in [0.1, 0.15) is 11.4 Å². The van der Waals surface area contributed by atoms with Crippen LogP contribution in [-0.4, -0.2) is 29.0 Å². The molecule has 1 aromatic heterocycles. The first-order valence-corrected chi connectivity index (χ1v) is 8.87. The van der Waals surface area contributed by atoms with Gasteiger partial charge in [-0.05, 0) is 49.2 Å². The Labute approximate surface area is 157 Å². The standard InChI is InChI=1S/C21H20N4O2/c1-27-19-11-9-15(10-12-19)20-17(13-22-23-21(26)16-7-8-16)14-25(24-20)18-5-3-2-4-6-18/h2-6,9-14,16H,7-8H2,1H3,(H,23,26)/b22-13-. The summed E-state index contributed by atoms with van der Waals surface area (Å²) in [7, 11) is 1.64. The van der Waals surface area contributed by atoms with Crippen LogP contribution in [-0.2, 0) is 4.79 Å². The second-order valence-electron chi connectivity index (χ2n) is 6.45. The van der Waals surface area contributed by atoms with E-state index in [1.165, 1.54) is 0 Å². The lowest BCUT2D eigenvalue weighted by Crippen LogP contribution is -2.18. The maximum absolute atomic E-state index is 11.8. The number of amides is 1. The van der Waals surface area contributed by atoms with E-state index in [4.69, 9.17) is 9.84 Å². The number of methoxy groups -OCH3 is 1. The third kappa shape index (κ3) is 3.89. The first-order valence-electron chi connectivity index (χ1n) is 8.87. The number of carbonyl (C=O) groups excluding carboxylic acids is 1. The van der Waals surface area contributed by atoms with E-state index < -0.39 is 0 Å². The fraction of sp³-hybridized carbons (Fsp3) is 0.190. The third-order valence-corrected chi connectivity index (χ3v) is 4.45. The number of rotatable bonds is 6. The Bertz CT molecular complexity index is 958. The summed E-state index contributed by atoms with van der Waals surface area (Å²) in [4.78, 5) is 11.8. The number of hydrazone groups is 1. The van der Waals surface area contributed by atoms with Crippen LogP contribution in [0, 0.1) is 5.92 Å². The molecule has 1 fully saturated rings. The minimum absolute atomic E-state index is 0.0206. The van der Waals surface area contributed by atoms with Gasteiger partial charge >= 0.3 is 0 Å². The highest BCUT2D eigenvalue weighted by Crippen LogP contribution is 2.29. The summed E-state index contributed by atoms with van der Waals surface area (Å²) in [6, 6.07) is 17.6. The monoisotopic (exact) mass is 360 g/mol. The highest BCUT2D eigenvalue weighted by molar-refractivity contribution is 5.90. The smallest absolute Gasteiger partial charge is 0.243 e. The number of nitrogens with one attached hydrogen (secondary N) is 1.